The second-order valence-electron chi connectivity index (χ2n) is 7.76. The van der Waals surface area contributed by atoms with Crippen molar-refractivity contribution in [1.82, 2.24) is 0 Å². The minimum absolute atomic E-state index is 0.0148. The molecule has 2 aliphatic rings. The van der Waals surface area contributed by atoms with E-state index in [0.717, 1.165) is 9.37 Å². The minimum atomic E-state index is -1.02. The quantitative estimate of drug-likeness (QED) is 0.490. The predicted molar refractivity (Wildman–Crippen MR) is 125 cm³/mol. The summed E-state index contributed by atoms with van der Waals surface area (Å²) in [6, 6.07) is 18.6. The van der Waals surface area contributed by atoms with Crippen molar-refractivity contribution in [1.29, 1.82) is 0 Å². The number of benzene rings is 3. The summed E-state index contributed by atoms with van der Waals surface area (Å²) in [5.74, 6) is -1.68. The van der Waals surface area contributed by atoms with Crippen LogP contribution in [-0.2, 0) is 14.4 Å². The van der Waals surface area contributed by atoms with Crippen molar-refractivity contribution in [2.45, 2.75) is 19.1 Å². The van der Waals surface area contributed by atoms with Gasteiger partial charge in [-0.05, 0) is 55.0 Å². The second-order valence-corrected chi connectivity index (χ2v) is 9.08. The van der Waals surface area contributed by atoms with Crippen molar-refractivity contribution in [3.05, 3.63) is 87.4 Å². The largest absolute Gasteiger partial charge is 0.508 e. The van der Waals surface area contributed by atoms with Crippen LogP contribution in [0, 0.1) is 12.8 Å². The van der Waals surface area contributed by atoms with Crippen molar-refractivity contribution in [3.63, 3.8) is 0 Å². The SMILES string of the molecule is Cc1c(Cl)cccc1N1C(=O)[C@@H]2[C@@H](ON(c3ccccc3)[C@H]2c2cc(Br)ccc2O)C1=O. The number of carbonyl (C=O) groups excluding carboxylic acids is 2. The molecule has 0 saturated carbocycles. The van der Waals surface area contributed by atoms with Crippen LogP contribution >= 0.6 is 27.5 Å². The Bertz CT molecular complexity index is 1240. The second kappa shape index (κ2) is 7.92. The number of anilines is 2. The first-order chi connectivity index (χ1) is 15.4. The van der Waals surface area contributed by atoms with Crippen LogP contribution in [0.2, 0.25) is 5.02 Å². The molecule has 6 nitrogen and oxygen atoms in total. The Morgan fingerprint density at radius 3 is 2.50 bits per heavy atom. The molecule has 3 atom stereocenters. The lowest BCUT2D eigenvalue weighted by Gasteiger charge is -2.29. The summed E-state index contributed by atoms with van der Waals surface area (Å²) in [5, 5.41) is 12.7. The maximum atomic E-state index is 13.7. The molecule has 2 saturated heterocycles. The fraction of sp³-hybridized carbons (Fsp3) is 0.167. The van der Waals surface area contributed by atoms with Crippen molar-refractivity contribution >= 4 is 50.7 Å². The summed E-state index contributed by atoms with van der Waals surface area (Å²) in [6.45, 7) is 1.76. The fourth-order valence-electron chi connectivity index (χ4n) is 4.37. The molecule has 1 N–H and O–H groups in total. The number of phenols is 1. The number of hydrogen-bond acceptors (Lipinski definition) is 5. The molecule has 0 unspecified atom stereocenters. The fourth-order valence-corrected chi connectivity index (χ4v) is 4.92. The standard InChI is InChI=1S/C24H18BrClN2O4/c1-13-17(26)8-5-9-18(13)27-23(30)20-21(16-12-14(25)10-11-19(16)29)28(32-22(20)24(27)31)15-6-3-2-4-7-15/h2-12,20-22,29H,1H3/t20-,21-,22+/m0/s1. The Morgan fingerprint density at radius 1 is 1.00 bits per heavy atom. The molecule has 0 spiro atoms. The summed E-state index contributed by atoms with van der Waals surface area (Å²) in [7, 11) is 0. The first-order valence-electron chi connectivity index (χ1n) is 10.0. The molecule has 2 aliphatic heterocycles. The Hall–Kier alpha value is -2.87. The van der Waals surface area contributed by atoms with E-state index < -0.39 is 29.9 Å². The van der Waals surface area contributed by atoms with Crippen LogP contribution in [0.4, 0.5) is 11.4 Å². The molecule has 0 aliphatic carbocycles. The van der Waals surface area contributed by atoms with E-state index in [0.29, 0.717) is 27.5 Å². The molecule has 32 heavy (non-hydrogen) atoms. The summed E-state index contributed by atoms with van der Waals surface area (Å²) in [6.07, 6.45) is -1.02. The predicted octanol–water partition coefficient (Wildman–Crippen LogP) is 5.17. The topological polar surface area (TPSA) is 70.1 Å². The molecule has 5 rings (SSSR count). The highest BCUT2D eigenvalue weighted by Gasteiger charge is 2.61. The van der Waals surface area contributed by atoms with Gasteiger partial charge in [-0.3, -0.25) is 14.4 Å². The van der Waals surface area contributed by atoms with Gasteiger partial charge in [0.25, 0.3) is 5.91 Å². The molecule has 3 aromatic rings. The van der Waals surface area contributed by atoms with Crippen LogP contribution < -0.4 is 9.96 Å². The van der Waals surface area contributed by atoms with Gasteiger partial charge in [-0.25, -0.2) is 9.96 Å². The molecule has 0 radical (unpaired) electrons. The molecular weight excluding hydrogens is 496 g/mol. The lowest BCUT2D eigenvalue weighted by Crippen LogP contribution is -2.37. The first-order valence-corrected chi connectivity index (χ1v) is 11.2. The third kappa shape index (κ3) is 3.20. The Balaban J connectivity index is 1.64. The molecule has 3 aromatic carbocycles. The van der Waals surface area contributed by atoms with Crippen LogP contribution in [0.3, 0.4) is 0 Å². The Labute approximate surface area is 198 Å². The average Bonchev–Trinajstić information content (AvgIpc) is 3.29. The monoisotopic (exact) mass is 512 g/mol. The Morgan fingerprint density at radius 2 is 1.75 bits per heavy atom. The van der Waals surface area contributed by atoms with Crippen molar-refractivity contribution < 1.29 is 19.5 Å². The van der Waals surface area contributed by atoms with Gasteiger partial charge in [-0.1, -0.05) is 51.8 Å². The van der Waals surface area contributed by atoms with Gasteiger partial charge < -0.3 is 5.11 Å². The summed E-state index contributed by atoms with van der Waals surface area (Å²) < 4.78 is 0.737. The summed E-state index contributed by atoms with van der Waals surface area (Å²) in [5.41, 5.74) is 2.24. The molecular formula is C24H18BrClN2O4. The van der Waals surface area contributed by atoms with Gasteiger partial charge in [0.1, 0.15) is 11.7 Å². The number of imide groups is 1. The molecule has 8 heteroatoms. The van der Waals surface area contributed by atoms with Crippen molar-refractivity contribution in [2.24, 2.45) is 5.92 Å². The number of rotatable bonds is 3. The summed E-state index contributed by atoms with van der Waals surface area (Å²) >= 11 is 9.69. The van der Waals surface area contributed by atoms with E-state index in [4.69, 9.17) is 16.4 Å². The highest BCUT2D eigenvalue weighted by atomic mass is 79.9. The van der Waals surface area contributed by atoms with Gasteiger partial charge in [0, 0.05) is 15.1 Å². The number of carbonyl (C=O) groups is 2. The zero-order valence-corrected chi connectivity index (χ0v) is 19.2. The zero-order valence-electron chi connectivity index (χ0n) is 16.9. The van der Waals surface area contributed by atoms with E-state index in [-0.39, 0.29) is 5.75 Å². The maximum Gasteiger partial charge on any atom is 0.266 e. The number of hydroxylamine groups is 1. The summed E-state index contributed by atoms with van der Waals surface area (Å²) in [4.78, 5) is 34.3. The number of phenolic OH excluding ortho intramolecular Hbond substituents is 1. The van der Waals surface area contributed by atoms with E-state index >= 15 is 0 Å². The van der Waals surface area contributed by atoms with E-state index in [1.54, 1.807) is 48.4 Å². The molecule has 0 bridgehead atoms. The number of halogens is 2. The number of para-hydroxylation sites is 1. The zero-order chi connectivity index (χ0) is 22.6. The Kier molecular flexibility index (Phi) is 5.20. The van der Waals surface area contributed by atoms with Crippen LogP contribution in [0.5, 0.6) is 5.75 Å². The van der Waals surface area contributed by atoms with Gasteiger partial charge in [0.05, 0.1) is 17.4 Å². The lowest BCUT2D eigenvalue weighted by atomic mass is 9.90. The number of nitrogens with zero attached hydrogens (tertiary/aromatic N) is 2. The van der Waals surface area contributed by atoms with E-state index in [9.17, 15) is 14.7 Å². The van der Waals surface area contributed by atoms with Gasteiger partial charge >= 0.3 is 0 Å². The van der Waals surface area contributed by atoms with Crippen LogP contribution in [0.1, 0.15) is 17.2 Å². The van der Waals surface area contributed by atoms with E-state index in [1.165, 1.54) is 0 Å². The number of aromatic hydroxyl groups is 1. The van der Waals surface area contributed by atoms with E-state index in [2.05, 4.69) is 15.9 Å². The minimum Gasteiger partial charge on any atom is -0.508 e. The third-order valence-electron chi connectivity index (χ3n) is 5.91. The smallest absolute Gasteiger partial charge is 0.266 e. The van der Waals surface area contributed by atoms with Gasteiger partial charge in [-0.2, -0.15) is 0 Å². The number of fused-ring (bicyclic) bond motifs is 1. The lowest BCUT2D eigenvalue weighted by molar-refractivity contribution is -0.126. The normalized spacial score (nSPS) is 22.5. The van der Waals surface area contributed by atoms with E-state index in [1.807, 2.05) is 30.3 Å². The molecule has 2 amide bonds. The molecule has 162 valence electrons. The van der Waals surface area contributed by atoms with Crippen LogP contribution in [-0.4, -0.2) is 23.0 Å². The highest BCUT2D eigenvalue weighted by molar-refractivity contribution is 9.10. The number of amides is 2. The van der Waals surface area contributed by atoms with Crippen LogP contribution in [0.15, 0.2) is 71.2 Å². The van der Waals surface area contributed by atoms with Gasteiger partial charge in [0.2, 0.25) is 5.91 Å². The maximum absolute atomic E-state index is 13.7. The van der Waals surface area contributed by atoms with Gasteiger partial charge in [-0.15, -0.1) is 0 Å². The number of hydrogen-bond donors (Lipinski definition) is 1. The molecule has 2 heterocycles. The first kappa shape index (κ1) is 21.0. The third-order valence-corrected chi connectivity index (χ3v) is 6.82. The average molecular weight is 514 g/mol. The molecule has 0 aromatic heterocycles. The molecule has 2 fully saturated rings. The van der Waals surface area contributed by atoms with Crippen molar-refractivity contribution in [2.75, 3.05) is 9.96 Å². The van der Waals surface area contributed by atoms with Crippen LogP contribution in [0.25, 0.3) is 0 Å². The van der Waals surface area contributed by atoms with Crippen molar-refractivity contribution in [3.8, 4) is 5.75 Å². The van der Waals surface area contributed by atoms with Gasteiger partial charge in [0.15, 0.2) is 6.10 Å². The highest BCUT2D eigenvalue weighted by Crippen LogP contribution is 2.50.